The van der Waals surface area contributed by atoms with E-state index in [1.54, 1.807) is 0 Å². The van der Waals surface area contributed by atoms with Gasteiger partial charge in [-0.1, -0.05) is 0 Å². The van der Waals surface area contributed by atoms with Gasteiger partial charge in [-0.15, -0.1) is 11.6 Å². The summed E-state index contributed by atoms with van der Waals surface area (Å²) in [7, 11) is 0. The van der Waals surface area contributed by atoms with Crippen molar-refractivity contribution >= 4 is 86.3 Å². The third-order valence-corrected chi connectivity index (χ3v) is 13.7. The van der Waals surface area contributed by atoms with E-state index in [9.17, 15) is 0 Å². The van der Waals surface area contributed by atoms with Crippen LogP contribution in [0.4, 0.5) is 0 Å². The third-order valence-electron chi connectivity index (χ3n) is 1.07. The molecular formula is C2H5Cl6N4P3. The van der Waals surface area contributed by atoms with E-state index in [4.69, 9.17) is 67.8 Å². The van der Waals surface area contributed by atoms with E-state index >= 15 is 0 Å². The predicted molar refractivity (Wildman–Crippen MR) is 76.0 cm³/mol. The Morgan fingerprint density at radius 2 is 1.40 bits per heavy atom. The molecule has 1 N–H and O–H groups in total. The molecule has 1 atom stereocenters. The fourth-order valence-electron chi connectivity index (χ4n) is 0.716. The Kier molecular flexibility index (Phi) is 5.74. The minimum atomic E-state index is -2.92. The zero-order valence-corrected chi connectivity index (χ0v) is 14.1. The molecule has 0 aromatic rings. The second kappa shape index (κ2) is 5.57. The zero-order valence-electron chi connectivity index (χ0n) is 6.87. The summed E-state index contributed by atoms with van der Waals surface area (Å²) < 4.78 is 11.7. The quantitative estimate of drug-likeness (QED) is 0.415. The summed E-state index contributed by atoms with van der Waals surface area (Å²) >= 11 is 34.9. The average Bonchev–Trinajstić information content (AvgIpc) is 1.93. The molecule has 90 valence electrons. The molecule has 4 nitrogen and oxygen atoms in total. The SMILES string of the molecule is ClCCNP1(Cl)=NP(Cl)(Cl)=NP(Cl)(Cl)=N1. The summed E-state index contributed by atoms with van der Waals surface area (Å²) in [5, 5.41) is 2.83. The van der Waals surface area contributed by atoms with Crippen LogP contribution < -0.4 is 5.09 Å². The summed E-state index contributed by atoms with van der Waals surface area (Å²) in [5.41, 5.74) is 0. The van der Waals surface area contributed by atoms with Crippen molar-refractivity contribution in [3.8, 4) is 0 Å². The molecule has 0 aromatic carbocycles. The molecular weight excluding hydrogens is 386 g/mol. The van der Waals surface area contributed by atoms with Crippen LogP contribution in [0.2, 0.25) is 0 Å². The molecule has 0 saturated carbocycles. The van der Waals surface area contributed by atoms with Gasteiger partial charge in [-0.3, -0.25) is 5.09 Å². The largest absolute Gasteiger partial charge is 0.257 e. The van der Waals surface area contributed by atoms with E-state index in [-0.39, 0.29) is 0 Å². The minimum Gasteiger partial charge on any atom is -0.252 e. The first-order valence-corrected chi connectivity index (χ1v) is 13.5. The highest BCUT2D eigenvalue weighted by Gasteiger charge is 2.31. The fraction of sp³-hybridized carbons (Fsp3) is 1.00. The number of hydrogen-bond donors (Lipinski definition) is 1. The van der Waals surface area contributed by atoms with Crippen molar-refractivity contribution in [1.29, 1.82) is 0 Å². The van der Waals surface area contributed by atoms with Crippen LogP contribution in [-0.2, 0) is 0 Å². The van der Waals surface area contributed by atoms with E-state index in [0.29, 0.717) is 12.4 Å². The summed E-state index contributed by atoms with van der Waals surface area (Å²) in [6.45, 7) is -2.35. The predicted octanol–water partition coefficient (Wildman–Crippen LogP) is 6.86. The maximum absolute atomic E-state index is 6.09. The van der Waals surface area contributed by atoms with E-state index in [1.165, 1.54) is 0 Å². The summed E-state index contributed by atoms with van der Waals surface area (Å²) in [6, 6.07) is 0. The summed E-state index contributed by atoms with van der Waals surface area (Å²) in [6.07, 6.45) is 0. The lowest BCUT2D eigenvalue weighted by Gasteiger charge is -2.21. The Bertz CT molecular complexity index is 397. The van der Waals surface area contributed by atoms with Crippen LogP contribution in [0.15, 0.2) is 13.5 Å². The number of alkyl halides is 1. The lowest BCUT2D eigenvalue weighted by Crippen LogP contribution is -2.09. The first-order chi connectivity index (χ1) is 6.68. The van der Waals surface area contributed by atoms with Crippen LogP contribution in [0.1, 0.15) is 0 Å². The van der Waals surface area contributed by atoms with Crippen molar-refractivity contribution < 1.29 is 0 Å². The van der Waals surface area contributed by atoms with Crippen molar-refractivity contribution in [2.75, 3.05) is 12.4 Å². The van der Waals surface area contributed by atoms with E-state index in [0.717, 1.165) is 0 Å². The molecule has 1 heterocycles. The molecule has 1 aliphatic heterocycles. The van der Waals surface area contributed by atoms with Gasteiger partial charge in [0.1, 0.15) is 0 Å². The number of nitrogens with one attached hydrogen (secondary N) is 1. The molecule has 13 heteroatoms. The molecule has 0 radical (unpaired) electrons. The Balaban J connectivity index is 3.18. The molecule has 1 rings (SSSR count). The average molecular weight is 391 g/mol. The second-order valence-electron chi connectivity index (χ2n) is 2.30. The Hall–Kier alpha value is 2.39. The first kappa shape index (κ1) is 15.4. The van der Waals surface area contributed by atoms with Crippen molar-refractivity contribution in [2.45, 2.75) is 0 Å². The normalized spacial score (nSPS) is 32.4. The second-order valence-corrected chi connectivity index (χ2v) is 16.1. The van der Waals surface area contributed by atoms with Gasteiger partial charge in [0.25, 0.3) is 11.8 Å². The van der Waals surface area contributed by atoms with Gasteiger partial charge in [-0.2, -0.15) is 13.5 Å². The maximum atomic E-state index is 6.09. The van der Waals surface area contributed by atoms with Crippen molar-refractivity contribution in [1.82, 2.24) is 5.09 Å². The van der Waals surface area contributed by atoms with E-state index in [1.807, 2.05) is 0 Å². The summed E-state index contributed by atoms with van der Waals surface area (Å²) in [4.78, 5) is 0. The van der Waals surface area contributed by atoms with Gasteiger partial charge < -0.3 is 0 Å². The number of nitrogens with zero attached hydrogens (tertiary/aromatic N) is 3. The molecule has 0 aliphatic carbocycles. The lowest BCUT2D eigenvalue weighted by molar-refractivity contribution is 1.02. The molecule has 1 aliphatic rings. The number of rotatable bonds is 3. The van der Waals surface area contributed by atoms with Crippen molar-refractivity contribution in [3.63, 3.8) is 0 Å². The fourth-order valence-corrected chi connectivity index (χ4v) is 18.1. The van der Waals surface area contributed by atoms with Crippen LogP contribution in [0.3, 0.4) is 0 Å². The highest BCUT2D eigenvalue weighted by atomic mass is 35.9. The third kappa shape index (κ3) is 5.26. The standard InChI is InChI=1S/C2H5Cl6N4P3/c3-1-2-9-15(8)11-13(4,5)10-14(6,7)12-15/h9H,1-2H2. The maximum Gasteiger partial charge on any atom is 0.257 e. The first-order valence-electron chi connectivity index (χ1n) is 3.39. The molecule has 0 amide bonds. The van der Waals surface area contributed by atoms with Gasteiger partial charge in [0.15, 0.2) is 0 Å². The van der Waals surface area contributed by atoms with Gasteiger partial charge >= 0.3 is 0 Å². The number of halogens is 6. The molecule has 0 saturated heterocycles. The Morgan fingerprint density at radius 1 is 0.867 bits per heavy atom. The van der Waals surface area contributed by atoms with Crippen LogP contribution in [0.5, 0.6) is 0 Å². The molecule has 0 aromatic heterocycles. The topological polar surface area (TPSA) is 49.1 Å². The zero-order chi connectivity index (χ0) is 11.7. The highest BCUT2D eigenvalue weighted by molar-refractivity contribution is 8.22. The van der Waals surface area contributed by atoms with Crippen LogP contribution in [0.25, 0.3) is 0 Å². The van der Waals surface area contributed by atoms with Gasteiger partial charge in [0, 0.05) is 12.4 Å². The molecule has 0 spiro atoms. The van der Waals surface area contributed by atoms with Crippen molar-refractivity contribution in [3.05, 3.63) is 0 Å². The monoisotopic (exact) mass is 388 g/mol. The smallest absolute Gasteiger partial charge is 0.252 e. The van der Waals surface area contributed by atoms with Crippen molar-refractivity contribution in [2.24, 2.45) is 13.5 Å². The van der Waals surface area contributed by atoms with Crippen LogP contribution in [-0.4, -0.2) is 12.4 Å². The summed E-state index contributed by atoms with van der Waals surface area (Å²) in [5.74, 6) is -5.49. The molecule has 0 fully saturated rings. The molecule has 15 heavy (non-hydrogen) atoms. The van der Waals surface area contributed by atoms with Crippen LogP contribution in [0, 0.1) is 0 Å². The lowest BCUT2D eigenvalue weighted by atomic mass is 10.8. The minimum absolute atomic E-state index is 0.350. The molecule has 1 unspecified atom stereocenters. The Morgan fingerprint density at radius 3 is 1.87 bits per heavy atom. The highest BCUT2D eigenvalue weighted by Crippen LogP contribution is 2.85. The van der Waals surface area contributed by atoms with E-state index < -0.39 is 18.5 Å². The van der Waals surface area contributed by atoms with Gasteiger partial charge in [0.2, 0.25) is 6.71 Å². The van der Waals surface area contributed by atoms with Crippen LogP contribution >= 0.6 is 86.3 Å². The Labute approximate surface area is 117 Å². The van der Waals surface area contributed by atoms with Gasteiger partial charge in [-0.05, 0) is 56.2 Å². The van der Waals surface area contributed by atoms with Gasteiger partial charge in [-0.25, -0.2) is 0 Å². The number of hydrogen-bond acceptors (Lipinski definition) is 4. The van der Waals surface area contributed by atoms with Gasteiger partial charge in [0.05, 0.1) is 0 Å². The van der Waals surface area contributed by atoms with E-state index in [2.05, 4.69) is 18.6 Å². The molecule has 0 bridgehead atoms.